The lowest BCUT2D eigenvalue weighted by molar-refractivity contribution is -0.157. The van der Waals surface area contributed by atoms with Crippen molar-refractivity contribution in [3.8, 4) is 11.5 Å². The number of hydrogen-bond donors (Lipinski definition) is 2. The number of likely N-dealkylation sites (tertiary alicyclic amines) is 1. The lowest BCUT2D eigenvalue weighted by atomic mass is 9.74. The van der Waals surface area contributed by atoms with Crippen LogP contribution in [0.3, 0.4) is 0 Å². The fourth-order valence-electron chi connectivity index (χ4n) is 3.56. The van der Waals surface area contributed by atoms with Crippen molar-refractivity contribution in [1.29, 1.82) is 0 Å². The van der Waals surface area contributed by atoms with Gasteiger partial charge in [-0.3, -0.25) is 4.79 Å². The van der Waals surface area contributed by atoms with Crippen molar-refractivity contribution in [2.24, 2.45) is 11.3 Å². The summed E-state index contributed by atoms with van der Waals surface area (Å²) in [6, 6.07) is 4.73. The monoisotopic (exact) mass is 350 g/mol. The average Bonchev–Trinajstić information content (AvgIpc) is 3.03. The van der Waals surface area contributed by atoms with Crippen molar-refractivity contribution in [2.45, 2.75) is 6.42 Å². The first-order valence-electron chi connectivity index (χ1n) is 8.09. The second kappa shape index (κ2) is 6.79. The molecule has 0 radical (unpaired) electrons. The average molecular weight is 350 g/mol. The third-order valence-corrected chi connectivity index (χ3v) is 5.07. The first kappa shape index (κ1) is 17.3. The number of fused-ring (bicyclic) bond motifs is 1. The molecule has 2 amide bonds. The van der Waals surface area contributed by atoms with Gasteiger partial charge in [-0.25, -0.2) is 4.79 Å². The van der Waals surface area contributed by atoms with Gasteiger partial charge in [-0.05, 0) is 18.6 Å². The molecule has 0 bridgehead atoms. The number of methoxy groups -OCH3 is 2. The van der Waals surface area contributed by atoms with E-state index in [0.29, 0.717) is 43.4 Å². The van der Waals surface area contributed by atoms with E-state index in [1.54, 1.807) is 18.2 Å². The van der Waals surface area contributed by atoms with Crippen LogP contribution in [0.1, 0.15) is 6.42 Å². The molecule has 136 valence electrons. The van der Waals surface area contributed by atoms with Crippen LogP contribution in [0.15, 0.2) is 18.2 Å². The summed E-state index contributed by atoms with van der Waals surface area (Å²) in [4.78, 5) is 26.0. The normalized spacial score (nSPS) is 25.2. The molecule has 2 heterocycles. The molecule has 2 aliphatic heterocycles. The zero-order chi connectivity index (χ0) is 18.0. The molecule has 2 atom stereocenters. The molecule has 2 saturated heterocycles. The Bertz CT molecular complexity index is 679. The Morgan fingerprint density at radius 3 is 2.80 bits per heavy atom. The number of carbonyl (C=O) groups excluding carboxylic acids is 1. The second-order valence-corrected chi connectivity index (χ2v) is 6.36. The summed E-state index contributed by atoms with van der Waals surface area (Å²) in [5, 5.41) is 12.5. The molecule has 0 aromatic heterocycles. The molecule has 8 heteroatoms. The number of amides is 2. The van der Waals surface area contributed by atoms with Gasteiger partial charge in [0.1, 0.15) is 11.5 Å². The minimum Gasteiger partial charge on any atom is -0.497 e. The third kappa shape index (κ3) is 3.09. The summed E-state index contributed by atoms with van der Waals surface area (Å²) in [5.74, 6) is 0.0235. The molecule has 8 nitrogen and oxygen atoms in total. The van der Waals surface area contributed by atoms with Gasteiger partial charge in [0, 0.05) is 31.7 Å². The van der Waals surface area contributed by atoms with Gasteiger partial charge in [0.2, 0.25) is 0 Å². The lowest BCUT2D eigenvalue weighted by Crippen LogP contribution is -2.45. The summed E-state index contributed by atoms with van der Waals surface area (Å²) in [6.07, 6.45) is 0.416. The maximum atomic E-state index is 12.7. The Labute approximate surface area is 145 Å². The molecule has 2 fully saturated rings. The molecule has 0 aliphatic carbocycles. The number of carboxylic acids is 1. The predicted octanol–water partition coefficient (Wildman–Crippen LogP) is 1.66. The van der Waals surface area contributed by atoms with Gasteiger partial charge in [-0.1, -0.05) is 0 Å². The summed E-state index contributed by atoms with van der Waals surface area (Å²) >= 11 is 0. The molecule has 2 N–H and O–H groups in total. The number of aliphatic carboxylic acids is 1. The highest BCUT2D eigenvalue weighted by Gasteiger charge is 2.55. The van der Waals surface area contributed by atoms with E-state index in [9.17, 15) is 14.7 Å². The highest BCUT2D eigenvalue weighted by atomic mass is 16.5. The molecule has 3 rings (SSSR count). The van der Waals surface area contributed by atoms with Gasteiger partial charge in [-0.2, -0.15) is 0 Å². The first-order valence-corrected chi connectivity index (χ1v) is 8.09. The van der Waals surface area contributed by atoms with Crippen LogP contribution in [0.25, 0.3) is 0 Å². The quantitative estimate of drug-likeness (QED) is 0.857. The number of benzene rings is 1. The fraction of sp³-hybridized carbons (Fsp3) is 0.529. The van der Waals surface area contributed by atoms with E-state index < -0.39 is 11.4 Å². The largest absolute Gasteiger partial charge is 0.497 e. The summed E-state index contributed by atoms with van der Waals surface area (Å²) in [6.45, 7) is 1.29. The van der Waals surface area contributed by atoms with Crippen molar-refractivity contribution < 1.29 is 28.9 Å². The zero-order valence-electron chi connectivity index (χ0n) is 14.3. The Morgan fingerprint density at radius 2 is 2.16 bits per heavy atom. The van der Waals surface area contributed by atoms with E-state index in [0.717, 1.165) is 0 Å². The standard InChI is InChI=1S/C17H22N2O6/c1-23-12-3-4-14(24-2)13(7-12)18-16(22)19-8-11-9-25-6-5-17(11,10-19)15(20)21/h3-4,7,11H,5-6,8-10H2,1-2H3,(H,18,22)(H,20,21)/t11-,17+/m1/s1. The zero-order valence-corrected chi connectivity index (χ0v) is 14.3. The summed E-state index contributed by atoms with van der Waals surface area (Å²) in [5.41, 5.74) is -0.448. The Morgan fingerprint density at radius 1 is 1.36 bits per heavy atom. The van der Waals surface area contributed by atoms with E-state index in [-0.39, 0.29) is 18.5 Å². The van der Waals surface area contributed by atoms with Gasteiger partial charge < -0.3 is 29.5 Å². The van der Waals surface area contributed by atoms with Crippen LogP contribution in [-0.2, 0) is 9.53 Å². The second-order valence-electron chi connectivity index (χ2n) is 6.36. The third-order valence-electron chi connectivity index (χ3n) is 5.07. The molecule has 25 heavy (non-hydrogen) atoms. The molecule has 0 saturated carbocycles. The SMILES string of the molecule is COc1ccc(OC)c(NC(=O)N2C[C@@H]3COCC[C@]3(C(=O)O)C2)c1. The molecule has 1 aromatic carbocycles. The smallest absolute Gasteiger partial charge is 0.321 e. The lowest BCUT2D eigenvalue weighted by Gasteiger charge is -2.33. The Kier molecular flexibility index (Phi) is 4.71. The van der Waals surface area contributed by atoms with Crippen LogP contribution < -0.4 is 14.8 Å². The van der Waals surface area contributed by atoms with Crippen molar-refractivity contribution in [1.82, 2.24) is 4.90 Å². The maximum Gasteiger partial charge on any atom is 0.321 e. The number of rotatable bonds is 4. The van der Waals surface area contributed by atoms with Gasteiger partial charge in [0.25, 0.3) is 0 Å². The molecule has 1 aromatic rings. The van der Waals surface area contributed by atoms with Crippen molar-refractivity contribution in [3.63, 3.8) is 0 Å². The summed E-state index contributed by atoms with van der Waals surface area (Å²) < 4.78 is 15.8. The van der Waals surface area contributed by atoms with Crippen LogP contribution in [0, 0.1) is 11.3 Å². The van der Waals surface area contributed by atoms with Crippen LogP contribution in [0.5, 0.6) is 11.5 Å². The van der Waals surface area contributed by atoms with Crippen molar-refractivity contribution >= 4 is 17.7 Å². The molecule has 2 aliphatic rings. The van der Waals surface area contributed by atoms with E-state index in [2.05, 4.69) is 5.32 Å². The number of carboxylic acid groups (broad SMARTS) is 1. The molecular formula is C17H22N2O6. The highest BCUT2D eigenvalue weighted by molar-refractivity contribution is 5.92. The number of anilines is 1. The fourth-order valence-corrected chi connectivity index (χ4v) is 3.56. The number of ether oxygens (including phenoxy) is 3. The number of hydrogen-bond acceptors (Lipinski definition) is 5. The van der Waals surface area contributed by atoms with Crippen molar-refractivity contribution in [2.75, 3.05) is 45.8 Å². The van der Waals surface area contributed by atoms with Crippen LogP contribution >= 0.6 is 0 Å². The van der Waals surface area contributed by atoms with E-state index in [1.807, 2.05) is 0 Å². The Hall–Kier alpha value is -2.48. The topological polar surface area (TPSA) is 97.3 Å². The summed E-state index contributed by atoms with van der Waals surface area (Å²) in [7, 11) is 3.05. The van der Waals surface area contributed by atoms with E-state index in [4.69, 9.17) is 14.2 Å². The predicted molar refractivity (Wildman–Crippen MR) is 89.1 cm³/mol. The van der Waals surface area contributed by atoms with Gasteiger partial charge in [0.05, 0.1) is 31.9 Å². The van der Waals surface area contributed by atoms with Crippen molar-refractivity contribution in [3.05, 3.63) is 18.2 Å². The maximum absolute atomic E-state index is 12.7. The minimum atomic E-state index is -0.923. The van der Waals surface area contributed by atoms with Gasteiger partial charge in [0.15, 0.2) is 0 Å². The molecule has 0 unspecified atom stereocenters. The number of nitrogens with one attached hydrogen (secondary N) is 1. The number of urea groups is 1. The van der Waals surface area contributed by atoms with Crippen LogP contribution in [0.4, 0.5) is 10.5 Å². The minimum absolute atomic E-state index is 0.175. The van der Waals surface area contributed by atoms with Gasteiger partial charge >= 0.3 is 12.0 Å². The van der Waals surface area contributed by atoms with E-state index >= 15 is 0 Å². The van der Waals surface area contributed by atoms with E-state index in [1.165, 1.54) is 19.1 Å². The first-order chi connectivity index (χ1) is 12.0. The molecular weight excluding hydrogens is 328 g/mol. The number of nitrogens with zero attached hydrogens (tertiary/aromatic N) is 1. The van der Waals surface area contributed by atoms with Crippen LogP contribution in [0.2, 0.25) is 0 Å². The van der Waals surface area contributed by atoms with Gasteiger partial charge in [-0.15, -0.1) is 0 Å². The molecule has 0 spiro atoms. The Balaban J connectivity index is 1.77. The van der Waals surface area contributed by atoms with Crippen LogP contribution in [-0.4, -0.2) is 62.5 Å². The number of carbonyl (C=O) groups is 2. The highest BCUT2D eigenvalue weighted by Crippen LogP contribution is 2.42.